The minimum absolute atomic E-state index is 0.0716. The van der Waals surface area contributed by atoms with Crippen molar-refractivity contribution in [2.45, 2.75) is 36.9 Å². The quantitative estimate of drug-likeness (QED) is 0.380. The Labute approximate surface area is 164 Å². The number of hydrogen-bond donors (Lipinski definition) is 5. The first-order chi connectivity index (χ1) is 13.4. The highest BCUT2D eigenvalue weighted by molar-refractivity contribution is 7.07. The Morgan fingerprint density at radius 1 is 1.18 bits per heavy atom. The van der Waals surface area contributed by atoms with Crippen molar-refractivity contribution in [1.82, 2.24) is 4.98 Å². The van der Waals surface area contributed by atoms with E-state index >= 15 is 0 Å². The van der Waals surface area contributed by atoms with Crippen LogP contribution in [0.25, 0.3) is 0 Å². The Kier molecular flexibility index (Phi) is 6.60. The van der Waals surface area contributed by atoms with E-state index in [2.05, 4.69) is 4.98 Å². The fraction of sp³-hybridized carbons (Fsp3) is 0.444. The van der Waals surface area contributed by atoms with Crippen LogP contribution in [0.4, 0.5) is 0 Å². The molecule has 5 unspecified atom stereocenters. The average molecular weight is 411 g/mol. The summed E-state index contributed by atoms with van der Waals surface area (Å²) in [6, 6.07) is 4.17. The molecule has 1 aromatic carbocycles. The number of aliphatic hydroxyl groups excluding tert-OH is 4. The number of ketones is 1. The maximum absolute atomic E-state index is 12.3. The van der Waals surface area contributed by atoms with Crippen LogP contribution in [0.5, 0.6) is 11.5 Å². The van der Waals surface area contributed by atoms with Crippen molar-refractivity contribution in [1.29, 1.82) is 0 Å². The van der Waals surface area contributed by atoms with Gasteiger partial charge in [0.15, 0.2) is 5.78 Å². The molecule has 0 bridgehead atoms. The normalized spacial score (nSPS) is 27.5. The van der Waals surface area contributed by atoms with Gasteiger partial charge in [-0.1, -0.05) is 0 Å². The van der Waals surface area contributed by atoms with Gasteiger partial charge in [0.2, 0.25) is 0 Å². The number of carbonyl (C=O) groups is 1. The molecule has 5 N–H and O–H groups in total. The summed E-state index contributed by atoms with van der Waals surface area (Å²) in [5.74, 6) is -0.324. The standard InChI is InChI=1S/C18H21NO8S/c20-5-14-16(23)18(25)17(24)15(27-14)6-26-10-1-2-11(13(22)4-10)12(21)3-9-7-28-8-19-9/h1-2,4,7-8,14-18,20,22-25H,3,5-6H2. The molecule has 3 rings (SSSR count). The van der Waals surface area contributed by atoms with Gasteiger partial charge >= 0.3 is 0 Å². The summed E-state index contributed by atoms with van der Waals surface area (Å²) in [5, 5.41) is 50.6. The summed E-state index contributed by atoms with van der Waals surface area (Å²) in [7, 11) is 0. The van der Waals surface area contributed by atoms with E-state index in [0.717, 1.165) is 0 Å². The number of Topliss-reactive ketones (excluding diaryl/α,β-unsaturated/α-hetero) is 1. The monoisotopic (exact) mass is 411 g/mol. The van der Waals surface area contributed by atoms with Crippen LogP contribution in [0.2, 0.25) is 0 Å². The molecule has 1 fully saturated rings. The van der Waals surface area contributed by atoms with E-state index in [1.807, 2.05) is 0 Å². The highest BCUT2D eigenvalue weighted by Gasteiger charge is 2.43. The van der Waals surface area contributed by atoms with Crippen molar-refractivity contribution >= 4 is 17.1 Å². The number of thiazole rings is 1. The van der Waals surface area contributed by atoms with Crippen LogP contribution < -0.4 is 4.74 Å². The Morgan fingerprint density at radius 2 is 1.93 bits per heavy atom. The van der Waals surface area contributed by atoms with Crippen LogP contribution in [0, 0.1) is 0 Å². The molecular weight excluding hydrogens is 390 g/mol. The first-order valence-corrected chi connectivity index (χ1v) is 9.51. The lowest BCUT2D eigenvalue weighted by Crippen LogP contribution is -2.59. The van der Waals surface area contributed by atoms with E-state index in [0.29, 0.717) is 5.69 Å². The third kappa shape index (κ3) is 4.49. The number of phenolic OH excluding ortho intramolecular Hbond substituents is 1. The number of nitrogens with zero attached hydrogens (tertiary/aromatic N) is 1. The number of rotatable bonds is 7. The first kappa shape index (κ1) is 20.6. The summed E-state index contributed by atoms with van der Waals surface area (Å²) in [6.45, 7) is -0.731. The van der Waals surface area contributed by atoms with Crippen LogP contribution in [-0.4, -0.2) is 80.0 Å². The van der Waals surface area contributed by atoms with Gasteiger partial charge in [-0.15, -0.1) is 11.3 Å². The van der Waals surface area contributed by atoms with Crippen molar-refractivity contribution in [3.05, 3.63) is 40.3 Å². The number of hydrogen-bond acceptors (Lipinski definition) is 10. The van der Waals surface area contributed by atoms with Crippen LogP contribution in [0.3, 0.4) is 0 Å². The topological polar surface area (TPSA) is 150 Å². The smallest absolute Gasteiger partial charge is 0.172 e. The summed E-state index contributed by atoms with van der Waals surface area (Å²) in [5.41, 5.74) is 2.38. The molecule has 1 aliphatic rings. The summed E-state index contributed by atoms with van der Waals surface area (Å²) >= 11 is 1.38. The zero-order chi connectivity index (χ0) is 20.3. The second-order valence-corrected chi connectivity index (χ2v) is 7.16. The zero-order valence-electron chi connectivity index (χ0n) is 14.7. The molecule has 0 radical (unpaired) electrons. The van der Waals surface area contributed by atoms with Crippen molar-refractivity contribution in [3.63, 3.8) is 0 Å². The molecule has 152 valence electrons. The number of aromatic hydroxyl groups is 1. The Balaban J connectivity index is 1.62. The fourth-order valence-corrected chi connectivity index (χ4v) is 3.47. The van der Waals surface area contributed by atoms with E-state index in [4.69, 9.17) is 9.47 Å². The van der Waals surface area contributed by atoms with Crippen molar-refractivity contribution in [3.8, 4) is 11.5 Å². The number of phenols is 1. The molecule has 28 heavy (non-hydrogen) atoms. The molecule has 0 saturated carbocycles. The number of benzene rings is 1. The van der Waals surface area contributed by atoms with Crippen LogP contribution in [0.1, 0.15) is 16.1 Å². The predicted molar refractivity (Wildman–Crippen MR) is 97.5 cm³/mol. The van der Waals surface area contributed by atoms with Crippen molar-refractivity contribution < 1.29 is 39.8 Å². The van der Waals surface area contributed by atoms with Gasteiger partial charge in [-0.2, -0.15) is 0 Å². The average Bonchev–Trinajstić information content (AvgIpc) is 3.18. The Hall–Kier alpha value is -2.08. The Bertz CT molecular complexity index is 797. The molecule has 0 spiro atoms. The van der Waals surface area contributed by atoms with E-state index in [1.165, 1.54) is 29.5 Å². The number of carbonyl (C=O) groups excluding carboxylic acids is 1. The second-order valence-electron chi connectivity index (χ2n) is 6.44. The fourth-order valence-electron chi connectivity index (χ4n) is 2.92. The molecule has 9 nitrogen and oxygen atoms in total. The highest BCUT2D eigenvalue weighted by Crippen LogP contribution is 2.27. The number of aliphatic hydroxyl groups is 4. The van der Waals surface area contributed by atoms with Crippen molar-refractivity contribution in [2.75, 3.05) is 13.2 Å². The van der Waals surface area contributed by atoms with E-state index in [1.54, 1.807) is 10.9 Å². The van der Waals surface area contributed by atoms with Gasteiger partial charge in [-0.05, 0) is 12.1 Å². The maximum Gasteiger partial charge on any atom is 0.172 e. The third-order valence-corrected chi connectivity index (χ3v) is 5.14. The molecule has 2 heterocycles. The molecule has 1 aromatic heterocycles. The van der Waals surface area contributed by atoms with Crippen LogP contribution in [0.15, 0.2) is 29.1 Å². The number of ether oxygens (including phenoxy) is 2. The molecule has 0 amide bonds. The summed E-state index contributed by atoms with van der Waals surface area (Å²) in [4.78, 5) is 16.3. The van der Waals surface area contributed by atoms with Crippen LogP contribution in [-0.2, 0) is 11.2 Å². The van der Waals surface area contributed by atoms with Gasteiger partial charge in [-0.3, -0.25) is 4.79 Å². The minimum Gasteiger partial charge on any atom is -0.507 e. The molecule has 2 aromatic rings. The highest BCUT2D eigenvalue weighted by atomic mass is 32.1. The lowest BCUT2D eigenvalue weighted by Gasteiger charge is -2.39. The van der Waals surface area contributed by atoms with E-state index in [-0.39, 0.29) is 35.9 Å². The van der Waals surface area contributed by atoms with Gasteiger partial charge in [0, 0.05) is 11.4 Å². The molecular formula is C18H21NO8S. The van der Waals surface area contributed by atoms with E-state index < -0.39 is 37.1 Å². The molecule has 5 atom stereocenters. The summed E-state index contributed by atoms with van der Waals surface area (Å²) in [6.07, 6.45) is -6.29. The minimum atomic E-state index is -1.49. The Morgan fingerprint density at radius 3 is 2.57 bits per heavy atom. The summed E-state index contributed by atoms with van der Waals surface area (Å²) < 4.78 is 10.8. The third-order valence-electron chi connectivity index (χ3n) is 4.50. The van der Waals surface area contributed by atoms with Gasteiger partial charge in [-0.25, -0.2) is 4.98 Å². The molecule has 0 aliphatic carbocycles. The van der Waals surface area contributed by atoms with Crippen LogP contribution >= 0.6 is 11.3 Å². The maximum atomic E-state index is 12.3. The molecule has 10 heteroatoms. The zero-order valence-corrected chi connectivity index (χ0v) is 15.5. The van der Waals surface area contributed by atoms with E-state index in [9.17, 15) is 30.3 Å². The van der Waals surface area contributed by atoms with Gasteiger partial charge < -0.3 is 35.0 Å². The molecule has 1 aliphatic heterocycles. The number of aromatic nitrogens is 1. The second kappa shape index (κ2) is 8.95. The van der Waals surface area contributed by atoms with Gasteiger partial charge in [0.1, 0.15) is 48.6 Å². The SMILES string of the molecule is O=C(Cc1cscn1)c1ccc(OCC2OC(CO)C(O)C(O)C2O)cc1O. The lowest BCUT2D eigenvalue weighted by atomic mass is 9.95. The van der Waals surface area contributed by atoms with Gasteiger partial charge in [0.05, 0.1) is 29.8 Å². The van der Waals surface area contributed by atoms with Gasteiger partial charge in [0.25, 0.3) is 0 Å². The molecule has 1 saturated heterocycles. The van der Waals surface area contributed by atoms with Crippen molar-refractivity contribution in [2.24, 2.45) is 0 Å². The lowest BCUT2D eigenvalue weighted by molar-refractivity contribution is -0.234. The first-order valence-electron chi connectivity index (χ1n) is 8.57. The predicted octanol–water partition coefficient (Wildman–Crippen LogP) is -0.505. The largest absolute Gasteiger partial charge is 0.507 e.